The smallest absolute Gasteiger partial charge is 0.297 e. The standard InChI is InChI=1S/C23H26N8O2S/c1-15(2)20(21(32)25-14-17-9-8-12-24-13-17)34-23-26-27-28-30(23)19-16(3)29(4)31(22(19)33)18-10-6-5-7-11-18/h5-13,15,20H,14H2,1-4H3,(H,25,32). The van der Waals surface area contributed by atoms with Crippen LogP contribution in [0.4, 0.5) is 0 Å². The molecule has 1 amide bonds. The summed E-state index contributed by atoms with van der Waals surface area (Å²) in [5, 5.41) is 14.9. The number of nitrogens with one attached hydrogen (secondary N) is 1. The number of pyridine rings is 1. The lowest BCUT2D eigenvalue weighted by atomic mass is 10.1. The first kappa shape index (κ1) is 23.4. The summed E-state index contributed by atoms with van der Waals surface area (Å²) in [6.07, 6.45) is 3.41. The number of aromatic nitrogens is 7. The van der Waals surface area contributed by atoms with Gasteiger partial charge in [-0.2, -0.15) is 4.68 Å². The summed E-state index contributed by atoms with van der Waals surface area (Å²) in [4.78, 5) is 30.5. The molecule has 0 fully saturated rings. The van der Waals surface area contributed by atoms with Gasteiger partial charge in [-0.15, -0.1) is 5.10 Å². The average molecular weight is 479 g/mol. The van der Waals surface area contributed by atoms with Crippen LogP contribution in [-0.2, 0) is 18.4 Å². The Balaban J connectivity index is 1.62. The average Bonchev–Trinajstić information content (AvgIpc) is 3.38. The third kappa shape index (κ3) is 4.65. The van der Waals surface area contributed by atoms with E-state index in [2.05, 4.69) is 25.8 Å². The zero-order valence-electron chi connectivity index (χ0n) is 19.4. The molecule has 34 heavy (non-hydrogen) atoms. The highest BCUT2D eigenvalue weighted by Gasteiger charge is 2.28. The van der Waals surface area contributed by atoms with Crippen LogP contribution in [-0.4, -0.2) is 45.7 Å². The van der Waals surface area contributed by atoms with E-state index in [9.17, 15) is 9.59 Å². The number of hydrogen-bond donors (Lipinski definition) is 1. The number of amides is 1. The van der Waals surface area contributed by atoms with Crippen molar-refractivity contribution in [3.63, 3.8) is 0 Å². The van der Waals surface area contributed by atoms with E-state index in [0.717, 1.165) is 11.3 Å². The molecule has 0 aliphatic carbocycles. The molecule has 10 nitrogen and oxygen atoms in total. The van der Waals surface area contributed by atoms with Crippen molar-refractivity contribution in [3.8, 4) is 11.4 Å². The number of nitrogens with zero attached hydrogens (tertiary/aromatic N) is 7. The highest BCUT2D eigenvalue weighted by Crippen LogP contribution is 2.28. The molecule has 3 aromatic heterocycles. The molecule has 1 N–H and O–H groups in total. The van der Waals surface area contributed by atoms with E-state index >= 15 is 0 Å². The largest absolute Gasteiger partial charge is 0.351 e. The van der Waals surface area contributed by atoms with Crippen LogP contribution < -0.4 is 10.9 Å². The van der Waals surface area contributed by atoms with Crippen LogP contribution in [0.25, 0.3) is 11.4 Å². The van der Waals surface area contributed by atoms with E-state index < -0.39 is 5.25 Å². The first-order valence-corrected chi connectivity index (χ1v) is 11.7. The number of benzene rings is 1. The lowest BCUT2D eigenvalue weighted by Gasteiger charge is -2.19. The number of para-hydroxylation sites is 1. The van der Waals surface area contributed by atoms with Crippen molar-refractivity contribution in [1.82, 2.24) is 39.9 Å². The van der Waals surface area contributed by atoms with Crippen molar-refractivity contribution >= 4 is 17.7 Å². The normalized spacial score (nSPS) is 12.1. The molecule has 0 radical (unpaired) electrons. The summed E-state index contributed by atoms with van der Waals surface area (Å²) in [6, 6.07) is 13.1. The SMILES string of the molecule is Cc1c(-n2nnnc2SC(C(=O)NCc2cccnc2)C(C)C)c(=O)n(-c2ccccc2)n1C. The Bertz CT molecular complexity index is 1330. The topological polar surface area (TPSA) is 113 Å². The maximum atomic E-state index is 13.4. The fraction of sp³-hybridized carbons (Fsp3) is 0.304. The number of thioether (sulfide) groups is 1. The summed E-state index contributed by atoms with van der Waals surface area (Å²) in [5.74, 6) is -0.133. The van der Waals surface area contributed by atoms with E-state index in [0.29, 0.717) is 23.1 Å². The Hall–Kier alpha value is -3.73. The zero-order valence-corrected chi connectivity index (χ0v) is 20.2. The number of hydrogen-bond acceptors (Lipinski definition) is 7. The van der Waals surface area contributed by atoms with Crippen LogP contribution >= 0.6 is 11.8 Å². The minimum absolute atomic E-state index is 0.00175. The van der Waals surface area contributed by atoms with Gasteiger partial charge in [0, 0.05) is 26.0 Å². The summed E-state index contributed by atoms with van der Waals surface area (Å²) in [5.41, 5.74) is 2.45. The van der Waals surface area contributed by atoms with Crippen LogP contribution in [0.5, 0.6) is 0 Å². The summed E-state index contributed by atoms with van der Waals surface area (Å²) in [7, 11) is 1.81. The second-order valence-electron chi connectivity index (χ2n) is 8.14. The molecule has 1 atom stereocenters. The van der Waals surface area contributed by atoms with Gasteiger partial charge in [0.15, 0.2) is 5.69 Å². The van der Waals surface area contributed by atoms with E-state index in [1.54, 1.807) is 21.8 Å². The van der Waals surface area contributed by atoms with Crippen LogP contribution in [0.3, 0.4) is 0 Å². The van der Waals surface area contributed by atoms with E-state index in [1.165, 1.54) is 16.4 Å². The molecule has 11 heteroatoms. The minimum Gasteiger partial charge on any atom is -0.351 e. The number of tetrazole rings is 1. The predicted octanol–water partition coefficient (Wildman–Crippen LogP) is 2.29. The fourth-order valence-corrected chi connectivity index (χ4v) is 4.59. The van der Waals surface area contributed by atoms with Crippen molar-refractivity contribution in [2.45, 2.75) is 37.7 Å². The second-order valence-corrected chi connectivity index (χ2v) is 9.25. The number of rotatable bonds is 8. The van der Waals surface area contributed by atoms with Gasteiger partial charge in [0.25, 0.3) is 5.56 Å². The highest BCUT2D eigenvalue weighted by molar-refractivity contribution is 8.00. The summed E-state index contributed by atoms with van der Waals surface area (Å²) >= 11 is 1.24. The van der Waals surface area contributed by atoms with Gasteiger partial charge >= 0.3 is 0 Å². The Labute approximate surface area is 201 Å². The molecule has 4 rings (SSSR count). The van der Waals surface area contributed by atoms with Gasteiger partial charge in [-0.25, -0.2) is 4.68 Å². The van der Waals surface area contributed by atoms with Crippen molar-refractivity contribution in [3.05, 3.63) is 76.5 Å². The zero-order chi connectivity index (χ0) is 24.2. The van der Waals surface area contributed by atoms with Crippen molar-refractivity contribution in [2.24, 2.45) is 13.0 Å². The molecule has 176 valence electrons. The van der Waals surface area contributed by atoms with Gasteiger partial charge in [-0.3, -0.25) is 19.3 Å². The quantitative estimate of drug-likeness (QED) is 0.387. The van der Waals surface area contributed by atoms with Crippen LogP contribution in [0.2, 0.25) is 0 Å². The molecule has 3 heterocycles. The Morgan fingerprint density at radius 3 is 2.59 bits per heavy atom. The second kappa shape index (κ2) is 10.0. The monoisotopic (exact) mass is 478 g/mol. The molecule has 0 saturated carbocycles. The molecule has 0 bridgehead atoms. The fourth-order valence-electron chi connectivity index (χ4n) is 3.59. The lowest BCUT2D eigenvalue weighted by Crippen LogP contribution is -2.35. The molecular formula is C23H26N8O2S. The van der Waals surface area contributed by atoms with E-state index in [-0.39, 0.29) is 17.4 Å². The van der Waals surface area contributed by atoms with E-state index in [4.69, 9.17) is 0 Å². The molecule has 1 aromatic carbocycles. The van der Waals surface area contributed by atoms with Gasteiger partial charge in [-0.1, -0.05) is 49.9 Å². The number of carbonyl (C=O) groups excluding carboxylic acids is 1. The summed E-state index contributed by atoms with van der Waals surface area (Å²) < 4.78 is 4.76. The highest BCUT2D eigenvalue weighted by atomic mass is 32.2. The van der Waals surface area contributed by atoms with Gasteiger partial charge in [0.1, 0.15) is 0 Å². The Morgan fingerprint density at radius 1 is 1.15 bits per heavy atom. The third-order valence-corrected chi connectivity index (χ3v) is 6.94. The molecule has 4 aromatic rings. The van der Waals surface area contributed by atoms with Gasteiger partial charge in [0.2, 0.25) is 11.1 Å². The Morgan fingerprint density at radius 2 is 1.91 bits per heavy atom. The van der Waals surface area contributed by atoms with Crippen molar-refractivity contribution in [1.29, 1.82) is 0 Å². The van der Waals surface area contributed by atoms with Crippen LogP contribution in [0.15, 0.2) is 64.8 Å². The molecule has 0 aliphatic rings. The first-order chi connectivity index (χ1) is 16.4. The van der Waals surface area contributed by atoms with E-state index in [1.807, 2.05) is 70.3 Å². The molecule has 0 aliphatic heterocycles. The number of carbonyl (C=O) groups is 1. The molecule has 1 unspecified atom stereocenters. The maximum Gasteiger partial charge on any atom is 0.297 e. The van der Waals surface area contributed by atoms with Crippen LogP contribution in [0.1, 0.15) is 25.1 Å². The minimum atomic E-state index is -0.457. The first-order valence-electron chi connectivity index (χ1n) is 10.8. The third-order valence-electron chi connectivity index (χ3n) is 5.46. The van der Waals surface area contributed by atoms with Gasteiger partial charge in [0.05, 0.1) is 16.6 Å². The summed E-state index contributed by atoms with van der Waals surface area (Å²) in [6.45, 7) is 6.14. The lowest BCUT2D eigenvalue weighted by molar-refractivity contribution is -0.121. The van der Waals surface area contributed by atoms with Gasteiger partial charge in [-0.05, 0) is 47.0 Å². The van der Waals surface area contributed by atoms with Crippen LogP contribution in [0, 0.1) is 12.8 Å². The molecular weight excluding hydrogens is 452 g/mol. The molecule has 0 spiro atoms. The maximum absolute atomic E-state index is 13.4. The van der Waals surface area contributed by atoms with Crippen molar-refractivity contribution in [2.75, 3.05) is 0 Å². The van der Waals surface area contributed by atoms with Crippen molar-refractivity contribution < 1.29 is 4.79 Å². The van der Waals surface area contributed by atoms with Gasteiger partial charge < -0.3 is 5.32 Å². The predicted molar refractivity (Wildman–Crippen MR) is 129 cm³/mol. The Kier molecular flexibility index (Phi) is 6.92. The molecule has 0 saturated heterocycles.